The molecule has 180 valence electrons. The van der Waals surface area contributed by atoms with Crippen LogP contribution in [0.15, 0.2) is 11.6 Å². The summed E-state index contributed by atoms with van der Waals surface area (Å²) in [7, 11) is 0. The maximum Gasteiger partial charge on any atom is 0.404 e. The van der Waals surface area contributed by atoms with Crippen molar-refractivity contribution in [3.63, 3.8) is 0 Å². The molecule has 0 bridgehead atoms. The van der Waals surface area contributed by atoms with Crippen LogP contribution < -0.4 is 11.5 Å². The lowest BCUT2D eigenvalue weighted by molar-refractivity contribution is -0.155. The van der Waals surface area contributed by atoms with E-state index in [1.807, 2.05) is 0 Å². The minimum atomic E-state index is -0.835. The lowest BCUT2D eigenvalue weighted by atomic mass is 9.68. The van der Waals surface area contributed by atoms with Gasteiger partial charge in [0.2, 0.25) is 0 Å². The summed E-state index contributed by atoms with van der Waals surface area (Å²) in [5.41, 5.74) is 10.4. The molecule has 0 saturated heterocycles. The van der Waals surface area contributed by atoms with Gasteiger partial charge >= 0.3 is 18.2 Å². The van der Waals surface area contributed by atoms with Gasteiger partial charge in [0.05, 0.1) is 13.2 Å². The first-order valence-corrected chi connectivity index (χ1v) is 11.3. The van der Waals surface area contributed by atoms with Crippen molar-refractivity contribution in [2.75, 3.05) is 13.2 Å². The predicted molar refractivity (Wildman–Crippen MR) is 120 cm³/mol. The van der Waals surface area contributed by atoms with Gasteiger partial charge in [0.25, 0.3) is 0 Å². The van der Waals surface area contributed by atoms with Crippen LogP contribution in [-0.2, 0) is 19.0 Å². The molecule has 2 unspecified atom stereocenters. The number of ether oxygens (including phenoxy) is 3. The molecule has 2 atom stereocenters. The summed E-state index contributed by atoms with van der Waals surface area (Å²) in [6.07, 6.45) is 6.34. The second kappa shape index (κ2) is 15.5. The molecular formula is C23H42N2O6. The number of amides is 2. The molecule has 0 aliphatic carbocycles. The molecule has 2 amide bonds. The Morgan fingerprint density at radius 2 is 1.52 bits per heavy atom. The quantitative estimate of drug-likeness (QED) is 0.152. The summed E-state index contributed by atoms with van der Waals surface area (Å²) in [6.45, 7) is 10.3. The fraction of sp³-hybridized carbons (Fsp3) is 0.783. The van der Waals surface area contributed by atoms with Gasteiger partial charge in [0, 0.05) is 17.4 Å². The molecule has 4 N–H and O–H groups in total. The number of hydrogen-bond donors (Lipinski definition) is 2. The van der Waals surface area contributed by atoms with E-state index in [2.05, 4.69) is 20.8 Å². The Balaban J connectivity index is 5.36. The van der Waals surface area contributed by atoms with Gasteiger partial charge in [-0.25, -0.2) is 14.4 Å². The Labute approximate surface area is 187 Å². The molecule has 0 saturated carbocycles. The van der Waals surface area contributed by atoms with E-state index in [0.717, 1.165) is 44.9 Å². The van der Waals surface area contributed by atoms with E-state index in [1.54, 1.807) is 19.9 Å². The molecule has 31 heavy (non-hydrogen) atoms. The number of esters is 1. The Morgan fingerprint density at radius 1 is 0.935 bits per heavy atom. The van der Waals surface area contributed by atoms with Gasteiger partial charge < -0.3 is 25.7 Å². The van der Waals surface area contributed by atoms with Crippen molar-refractivity contribution in [3.05, 3.63) is 11.6 Å². The van der Waals surface area contributed by atoms with Gasteiger partial charge in [-0.3, -0.25) is 0 Å². The fourth-order valence-electron chi connectivity index (χ4n) is 3.96. The highest BCUT2D eigenvalue weighted by atomic mass is 16.6. The molecule has 0 radical (unpaired) electrons. The van der Waals surface area contributed by atoms with Crippen molar-refractivity contribution < 1.29 is 28.6 Å². The van der Waals surface area contributed by atoms with E-state index in [-0.39, 0.29) is 18.0 Å². The minimum Gasteiger partial charge on any atom is -0.458 e. The predicted octanol–water partition coefficient (Wildman–Crippen LogP) is 4.84. The van der Waals surface area contributed by atoms with Crippen molar-refractivity contribution in [2.45, 2.75) is 92.1 Å². The summed E-state index contributed by atoms with van der Waals surface area (Å²) in [4.78, 5) is 34.3. The zero-order valence-corrected chi connectivity index (χ0v) is 19.9. The van der Waals surface area contributed by atoms with Crippen LogP contribution in [0.1, 0.15) is 86.0 Å². The van der Waals surface area contributed by atoms with Crippen LogP contribution in [0.25, 0.3) is 0 Å². The van der Waals surface area contributed by atoms with Crippen LogP contribution in [0.4, 0.5) is 9.59 Å². The second-order valence-electron chi connectivity index (χ2n) is 8.03. The van der Waals surface area contributed by atoms with Gasteiger partial charge in [-0.1, -0.05) is 39.7 Å². The van der Waals surface area contributed by atoms with Crippen LogP contribution in [0, 0.1) is 11.3 Å². The molecule has 0 aromatic rings. The topological polar surface area (TPSA) is 131 Å². The number of rotatable bonds is 16. The van der Waals surface area contributed by atoms with Crippen molar-refractivity contribution in [3.8, 4) is 0 Å². The second-order valence-corrected chi connectivity index (χ2v) is 8.03. The average molecular weight is 443 g/mol. The summed E-state index contributed by atoms with van der Waals surface area (Å²) >= 11 is 0. The molecule has 0 spiro atoms. The third-order valence-electron chi connectivity index (χ3n) is 6.24. The van der Waals surface area contributed by atoms with Crippen LogP contribution in [0.5, 0.6) is 0 Å². The highest BCUT2D eigenvalue weighted by molar-refractivity contribution is 5.87. The third kappa shape index (κ3) is 11.1. The number of carbonyl (C=O) groups excluding carboxylic acids is 3. The summed E-state index contributed by atoms with van der Waals surface area (Å²) in [5.74, 6) is 0.0732. The Morgan fingerprint density at radius 3 is 2.00 bits per heavy atom. The Kier molecular flexibility index (Phi) is 14.4. The number of nitrogens with two attached hydrogens (primary N) is 2. The van der Waals surface area contributed by atoms with E-state index in [4.69, 9.17) is 25.7 Å². The zero-order valence-electron chi connectivity index (χ0n) is 19.9. The van der Waals surface area contributed by atoms with Crippen molar-refractivity contribution in [1.82, 2.24) is 0 Å². The Bertz CT molecular complexity index is 587. The molecule has 8 heteroatoms. The molecule has 0 aliphatic heterocycles. The van der Waals surface area contributed by atoms with Gasteiger partial charge in [-0.15, -0.1) is 0 Å². The van der Waals surface area contributed by atoms with Gasteiger partial charge in [0.1, 0.15) is 6.10 Å². The number of allylic oxidation sites excluding steroid dienone is 1. The van der Waals surface area contributed by atoms with Crippen molar-refractivity contribution >= 4 is 18.2 Å². The van der Waals surface area contributed by atoms with Crippen molar-refractivity contribution in [2.24, 2.45) is 22.8 Å². The van der Waals surface area contributed by atoms with E-state index < -0.39 is 18.3 Å². The normalized spacial score (nSPS) is 13.9. The highest BCUT2D eigenvalue weighted by Crippen LogP contribution is 2.42. The number of primary amides is 2. The summed E-state index contributed by atoms with van der Waals surface area (Å²) < 4.78 is 15.7. The number of carbonyl (C=O) groups is 3. The van der Waals surface area contributed by atoms with Gasteiger partial charge in [-0.05, 0) is 51.9 Å². The lowest BCUT2D eigenvalue weighted by Gasteiger charge is -2.41. The molecule has 0 rings (SSSR count). The highest BCUT2D eigenvalue weighted by Gasteiger charge is 2.40. The number of unbranched alkanes of at least 4 members (excludes halogenated alkanes) is 1. The maximum atomic E-state index is 12.5. The first kappa shape index (κ1) is 28.8. The van der Waals surface area contributed by atoms with Gasteiger partial charge in [0.15, 0.2) is 0 Å². The van der Waals surface area contributed by atoms with E-state index in [0.29, 0.717) is 24.5 Å². The van der Waals surface area contributed by atoms with Crippen LogP contribution in [-0.4, -0.2) is 37.5 Å². The summed E-state index contributed by atoms with van der Waals surface area (Å²) in [5, 5.41) is 0. The van der Waals surface area contributed by atoms with Crippen LogP contribution in [0.3, 0.4) is 0 Å². The van der Waals surface area contributed by atoms with Crippen molar-refractivity contribution in [1.29, 1.82) is 0 Å². The largest absolute Gasteiger partial charge is 0.458 e. The minimum absolute atomic E-state index is 0.102. The molecule has 0 aromatic carbocycles. The molecule has 0 heterocycles. The monoisotopic (exact) mass is 442 g/mol. The van der Waals surface area contributed by atoms with Gasteiger partial charge in [-0.2, -0.15) is 0 Å². The van der Waals surface area contributed by atoms with E-state index >= 15 is 0 Å². The maximum absolute atomic E-state index is 12.5. The average Bonchev–Trinajstić information content (AvgIpc) is 2.74. The SMILES string of the molecule is CC=C(C)C(=O)OC(CCOC(N)=O)C(CC)(CC)CC(CC)CCCCOC(N)=O. The van der Waals surface area contributed by atoms with E-state index in [9.17, 15) is 14.4 Å². The molecule has 0 fully saturated rings. The molecule has 0 aromatic heterocycles. The summed E-state index contributed by atoms with van der Waals surface area (Å²) in [6, 6.07) is 0. The molecule has 8 nitrogen and oxygen atoms in total. The lowest BCUT2D eigenvalue weighted by Crippen LogP contribution is -2.41. The fourth-order valence-corrected chi connectivity index (χ4v) is 3.96. The molecular weight excluding hydrogens is 400 g/mol. The Hall–Kier alpha value is -2.25. The third-order valence-corrected chi connectivity index (χ3v) is 6.24. The number of hydrogen-bond acceptors (Lipinski definition) is 6. The molecule has 0 aliphatic rings. The first-order valence-electron chi connectivity index (χ1n) is 11.3. The first-order chi connectivity index (χ1) is 14.6. The zero-order chi connectivity index (χ0) is 23.9. The smallest absolute Gasteiger partial charge is 0.404 e. The van der Waals surface area contributed by atoms with Crippen LogP contribution >= 0.6 is 0 Å². The van der Waals surface area contributed by atoms with E-state index in [1.165, 1.54) is 0 Å². The van der Waals surface area contributed by atoms with Crippen LogP contribution in [0.2, 0.25) is 0 Å². The standard InChI is InChI=1S/C23H42N2O6/c1-6-17(5)20(26)31-19(13-15-30-22(25)28)23(8-3,9-4)16-18(7-2)12-10-11-14-29-21(24)27/h6,18-19H,7-16H2,1-5H3,(H2,24,27)(H2,25,28).